The third-order valence-corrected chi connectivity index (χ3v) is 5.30. The van der Waals surface area contributed by atoms with Gasteiger partial charge < -0.3 is 31.5 Å². The quantitative estimate of drug-likeness (QED) is 0.457. The number of hydrogen-bond donors (Lipinski definition) is 5. The molecule has 0 aliphatic carbocycles. The van der Waals surface area contributed by atoms with Crippen LogP contribution in [0.5, 0.6) is 0 Å². The molecule has 0 bridgehead atoms. The lowest BCUT2D eigenvalue weighted by Gasteiger charge is -2.23. The number of amides is 3. The van der Waals surface area contributed by atoms with E-state index in [1.165, 1.54) is 6.20 Å². The second-order valence-electron chi connectivity index (χ2n) is 8.25. The molecule has 1 aromatic heterocycles. The van der Waals surface area contributed by atoms with Gasteiger partial charge in [0.1, 0.15) is 17.9 Å². The molecule has 2 rings (SSSR count). The summed E-state index contributed by atoms with van der Waals surface area (Å²) >= 11 is 0. The average Bonchev–Trinajstić information content (AvgIpc) is 2.74. The fourth-order valence-electron chi connectivity index (χ4n) is 3.52. The van der Waals surface area contributed by atoms with Crippen molar-refractivity contribution >= 4 is 23.7 Å². The molecule has 1 aliphatic rings. The van der Waals surface area contributed by atoms with Crippen LogP contribution in [0, 0.1) is 0 Å². The molecule has 0 spiro atoms. The van der Waals surface area contributed by atoms with Crippen LogP contribution in [0.3, 0.4) is 0 Å². The summed E-state index contributed by atoms with van der Waals surface area (Å²) < 4.78 is 5.61. The number of carbonyl (C=O) groups is 3. The molecule has 10 nitrogen and oxygen atoms in total. The Balaban J connectivity index is 1.97. The van der Waals surface area contributed by atoms with Gasteiger partial charge >= 0.3 is 12.0 Å². The van der Waals surface area contributed by atoms with Crippen LogP contribution < -0.4 is 21.7 Å². The van der Waals surface area contributed by atoms with Crippen LogP contribution in [0.2, 0.25) is 0 Å². The van der Waals surface area contributed by atoms with E-state index in [9.17, 15) is 19.5 Å². The van der Waals surface area contributed by atoms with Crippen LogP contribution in [-0.4, -0.2) is 59.3 Å². The number of carbonyl (C=O) groups excluding carboxylic acids is 2. The predicted octanol–water partition coefficient (Wildman–Crippen LogP) is 1.59. The van der Waals surface area contributed by atoms with Gasteiger partial charge in [-0.1, -0.05) is 38.2 Å². The summed E-state index contributed by atoms with van der Waals surface area (Å²) in [6.07, 6.45) is 8.06. The predicted molar refractivity (Wildman–Crippen MR) is 120 cm³/mol. The SMILES string of the molecule is C[C@H]1COCCCCCCCC[C@@H](NC(=O)NC(Cc2ccc(N)nc2)C(=O)O)C(=O)N1. The Kier molecular flexibility index (Phi) is 10.7. The molecule has 1 saturated heterocycles. The Bertz CT molecular complexity index is 743. The van der Waals surface area contributed by atoms with Crippen molar-refractivity contribution < 1.29 is 24.2 Å². The van der Waals surface area contributed by atoms with Crippen LogP contribution in [0.1, 0.15) is 57.4 Å². The van der Waals surface area contributed by atoms with Crippen molar-refractivity contribution in [1.29, 1.82) is 0 Å². The Morgan fingerprint density at radius 2 is 1.97 bits per heavy atom. The Hall–Kier alpha value is -2.88. The topological polar surface area (TPSA) is 156 Å². The van der Waals surface area contributed by atoms with Gasteiger partial charge in [-0.25, -0.2) is 14.6 Å². The summed E-state index contributed by atoms with van der Waals surface area (Å²) in [7, 11) is 0. The third kappa shape index (κ3) is 9.51. The highest BCUT2D eigenvalue weighted by Gasteiger charge is 2.25. The van der Waals surface area contributed by atoms with E-state index >= 15 is 0 Å². The number of anilines is 1. The van der Waals surface area contributed by atoms with Gasteiger partial charge in [-0.15, -0.1) is 0 Å². The minimum absolute atomic E-state index is 0.0429. The molecular formula is C22H35N5O5. The molecule has 10 heteroatoms. The minimum atomic E-state index is -1.18. The number of ether oxygens (including phenoxy) is 1. The number of nitrogens with two attached hydrogens (primary N) is 1. The number of urea groups is 1. The van der Waals surface area contributed by atoms with Crippen molar-refractivity contribution in [3.05, 3.63) is 23.9 Å². The largest absolute Gasteiger partial charge is 0.480 e. The molecule has 3 atom stereocenters. The van der Waals surface area contributed by atoms with E-state index in [1.807, 2.05) is 6.92 Å². The number of carboxylic acid groups (broad SMARTS) is 1. The smallest absolute Gasteiger partial charge is 0.326 e. The highest BCUT2D eigenvalue weighted by Crippen LogP contribution is 2.11. The maximum absolute atomic E-state index is 12.7. The molecular weight excluding hydrogens is 414 g/mol. The fraction of sp³-hybridized carbons (Fsp3) is 0.636. The lowest BCUT2D eigenvalue weighted by atomic mass is 10.0. The summed E-state index contributed by atoms with van der Waals surface area (Å²) in [6, 6.07) is 0.404. The monoisotopic (exact) mass is 449 g/mol. The van der Waals surface area contributed by atoms with E-state index in [1.54, 1.807) is 12.1 Å². The molecule has 0 saturated carbocycles. The number of nitrogen functional groups attached to an aromatic ring is 1. The number of pyridine rings is 1. The van der Waals surface area contributed by atoms with E-state index in [0.29, 0.717) is 31.0 Å². The first-order valence-corrected chi connectivity index (χ1v) is 11.2. The Morgan fingerprint density at radius 3 is 2.66 bits per heavy atom. The molecule has 1 fully saturated rings. The van der Waals surface area contributed by atoms with Crippen LogP contribution >= 0.6 is 0 Å². The maximum Gasteiger partial charge on any atom is 0.326 e. The van der Waals surface area contributed by atoms with Crippen molar-refractivity contribution in [2.75, 3.05) is 18.9 Å². The van der Waals surface area contributed by atoms with Gasteiger partial charge in [-0.3, -0.25) is 4.79 Å². The van der Waals surface area contributed by atoms with E-state index in [0.717, 1.165) is 38.5 Å². The van der Waals surface area contributed by atoms with Gasteiger partial charge in [0.15, 0.2) is 0 Å². The minimum Gasteiger partial charge on any atom is -0.480 e. The molecule has 1 aliphatic heterocycles. The van der Waals surface area contributed by atoms with Gasteiger partial charge in [-0.05, 0) is 31.4 Å². The molecule has 2 heterocycles. The molecule has 178 valence electrons. The summed E-state index contributed by atoms with van der Waals surface area (Å²) in [6.45, 7) is 2.92. The molecule has 3 amide bonds. The Morgan fingerprint density at radius 1 is 1.25 bits per heavy atom. The zero-order valence-corrected chi connectivity index (χ0v) is 18.6. The Labute approximate surface area is 188 Å². The molecule has 0 aromatic carbocycles. The first-order chi connectivity index (χ1) is 15.3. The normalized spacial score (nSPS) is 22.1. The first-order valence-electron chi connectivity index (χ1n) is 11.2. The highest BCUT2D eigenvalue weighted by atomic mass is 16.5. The van der Waals surface area contributed by atoms with Crippen molar-refractivity contribution in [1.82, 2.24) is 20.9 Å². The van der Waals surface area contributed by atoms with Crippen molar-refractivity contribution in [2.45, 2.75) is 76.4 Å². The summed E-state index contributed by atoms with van der Waals surface area (Å²) in [5.74, 6) is -1.16. The number of hydrogen-bond acceptors (Lipinski definition) is 6. The summed E-state index contributed by atoms with van der Waals surface area (Å²) in [4.78, 5) is 40.9. The van der Waals surface area contributed by atoms with Gasteiger partial charge in [0.25, 0.3) is 0 Å². The van der Waals surface area contributed by atoms with Crippen LogP contribution in [0.4, 0.5) is 10.6 Å². The van der Waals surface area contributed by atoms with Crippen molar-refractivity contribution in [3.8, 4) is 0 Å². The maximum atomic E-state index is 12.7. The second kappa shape index (κ2) is 13.5. The van der Waals surface area contributed by atoms with E-state index in [2.05, 4.69) is 20.9 Å². The third-order valence-electron chi connectivity index (χ3n) is 5.30. The van der Waals surface area contributed by atoms with Gasteiger partial charge in [-0.2, -0.15) is 0 Å². The fourth-order valence-corrected chi connectivity index (χ4v) is 3.52. The summed E-state index contributed by atoms with van der Waals surface area (Å²) in [5, 5.41) is 17.5. The second-order valence-corrected chi connectivity index (χ2v) is 8.25. The van der Waals surface area contributed by atoms with Gasteiger partial charge in [0.05, 0.1) is 6.61 Å². The lowest BCUT2D eigenvalue weighted by molar-refractivity contribution is -0.139. The van der Waals surface area contributed by atoms with Gasteiger partial charge in [0, 0.05) is 25.3 Å². The number of aromatic nitrogens is 1. The molecule has 0 radical (unpaired) electrons. The lowest BCUT2D eigenvalue weighted by Crippen LogP contribution is -2.55. The van der Waals surface area contributed by atoms with E-state index in [4.69, 9.17) is 10.5 Å². The average molecular weight is 450 g/mol. The van der Waals surface area contributed by atoms with Crippen LogP contribution in [0.15, 0.2) is 18.3 Å². The molecule has 1 unspecified atom stereocenters. The van der Waals surface area contributed by atoms with Gasteiger partial charge in [0.2, 0.25) is 5.91 Å². The number of rotatable bonds is 5. The van der Waals surface area contributed by atoms with E-state index in [-0.39, 0.29) is 18.4 Å². The first kappa shape index (κ1) is 25.4. The zero-order chi connectivity index (χ0) is 23.3. The van der Waals surface area contributed by atoms with E-state index < -0.39 is 24.1 Å². The highest BCUT2D eigenvalue weighted by molar-refractivity contribution is 5.89. The molecule has 32 heavy (non-hydrogen) atoms. The molecule has 1 aromatic rings. The van der Waals surface area contributed by atoms with Crippen molar-refractivity contribution in [3.63, 3.8) is 0 Å². The number of aliphatic carboxylic acids is 1. The summed E-state index contributed by atoms with van der Waals surface area (Å²) in [5.41, 5.74) is 6.17. The number of nitrogens with zero attached hydrogens (tertiary/aromatic N) is 1. The zero-order valence-electron chi connectivity index (χ0n) is 18.6. The molecule has 6 N–H and O–H groups in total. The number of carboxylic acids is 1. The van der Waals surface area contributed by atoms with Crippen LogP contribution in [0.25, 0.3) is 0 Å². The van der Waals surface area contributed by atoms with Crippen molar-refractivity contribution in [2.24, 2.45) is 0 Å². The standard InChI is InChI=1S/C22H35N5O5/c1-15-14-32-11-7-5-3-2-4-6-8-17(20(28)25-15)26-22(31)27-18(21(29)30)12-16-9-10-19(23)24-13-16/h9-10,13,15,17-18H,2-8,11-12,14H2,1H3,(H2,23,24)(H,25,28)(H,29,30)(H2,26,27,31)/t15-,17+,18?/m0/s1. The number of nitrogens with one attached hydrogen (secondary N) is 3. The van der Waals surface area contributed by atoms with Crippen LogP contribution in [-0.2, 0) is 20.7 Å².